The molecule has 5 nitrogen and oxygen atoms in total. The molecule has 1 atom stereocenters. The van der Waals surface area contributed by atoms with E-state index in [1.807, 2.05) is 6.07 Å². The fraction of sp³-hybridized carbons (Fsp3) is 0.600. The number of anilines is 1. The lowest BCUT2D eigenvalue weighted by atomic mass is 10.2. The number of thioether (sulfide) groups is 1. The third kappa shape index (κ3) is 4.38. The summed E-state index contributed by atoms with van der Waals surface area (Å²) < 4.78 is 26.5. The number of sulfonamides is 1. The molecule has 3 rings (SSSR count). The molecule has 2 aliphatic rings. The minimum absolute atomic E-state index is 0.0424. The molecule has 2 heterocycles. The zero-order valence-electron chi connectivity index (χ0n) is 12.6. The fourth-order valence-electron chi connectivity index (χ4n) is 2.97. The third-order valence-corrected chi connectivity index (χ3v) is 6.96. The van der Waals surface area contributed by atoms with E-state index in [9.17, 15) is 8.42 Å². The van der Waals surface area contributed by atoms with Gasteiger partial charge in [-0.3, -0.25) is 4.90 Å². The number of nitrogens with zero attached hydrogens (tertiary/aromatic N) is 2. The quantitative estimate of drug-likeness (QED) is 0.883. The lowest BCUT2D eigenvalue weighted by Crippen LogP contribution is -2.52. The Hall–Kier alpha value is -0.760. The maximum atomic E-state index is 11.8. The molecular weight excluding hydrogens is 318 g/mol. The third-order valence-electron chi connectivity index (χ3n) is 4.13. The van der Waals surface area contributed by atoms with Crippen LogP contribution < -0.4 is 9.62 Å². The van der Waals surface area contributed by atoms with Gasteiger partial charge in [0.1, 0.15) is 0 Å². The number of benzene rings is 1. The lowest BCUT2D eigenvalue weighted by Gasteiger charge is -2.37. The second kappa shape index (κ2) is 7.21. The minimum atomic E-state index is -3.08. The van der Waals surface area contributed by atoms with Crippen LogP contribution in [0, 0.1) is 0 Å². The van der Waals surface area contributed by atoms with Gasteiger partial charge in [-0.1, -0.05) is 18.2 Å². The average molecular weight is 342 g/mol. The summed E-state index contributed by atoms with van der Waals surface area (Å²) >= 11 is 1.73. The predicted octanol–water partition coefficient (Wildman–Crippen LogP) is 0.843. The van der Waals surface area contributed by atoms with Crippen molar-refractivity contribution in [2.45, 2.75) is 6.04 Å². The molecule has 0 unspecified atom stereocenters. The smallest absolute Gasteiger partial charge is 0.212 e. The van der Waals surface area contributed by atoms with E-state index in [4.69, 9.17) is 0 Å². The highest BCUT2D eigenvalue weighted by Crippen LogP contribution is 2.17. The number of piperazine rings is 1. The molecule has 0 radical (unpaired) electrons. The Bertz CT molecular complexity index is 572. The van der Waals surface area contributed by atoms with Crippen molar-refractivity contribution in [1.29, 1.82) is 0 Å². The molecule has 1 N–H and O–H groups in total. The van der Waals surface area contributed by atoms with Crippen molar-refractivity contribution in [1.82, 2.24) is 9.62 Å². The highest BCUT2D eigenvalue weighted by molar-refractivity contribution is 8.00. The van der Waals surface area contributed by atoms with Gasteiger partial charge in [0.25, 0.3) is 0 Å². The van der Waals surface area contributed by atoms with Crippen molar-refractivity contribution in [3.63, 3.8) is 0 Å². The Labute approximate surface area is 137 Å². The van der Waals surface area contributed by atoms with E-state index >= 15 is 0 Å². The summed E-state index contributed by atoms with van der Waals surface area (Å²) in [4.78, 5) is 4.76. The minimum Gasteiger partial charge on any atom is -0.369 e. The molecule has 0 spiro atoms. The monoisotopic (exact) mass is 341 g/mol. The van der Waals surface area contributed by atoms with E-state index in [2.05, 4.69) is 38.8 Å². The van der Waals surface area contributed by atoms with Crippen molar-refractivity contribution in [2.24, 2.45) is 0 Å². The molecule has 1 aromatic rings. The van der Waals surface area contributed by atoms with Crippen LogP contribution in [0.4, 0.5) is 5.69 Å². The predicted molar refractivity (Wildman–Crippen MR) is 93.1 cm³/mol. The molecule has 122 valence electrons. The van der Waals surface area contributed by atoms with Crippen LogP contribution in [0.25, 0.3) is 0 Å². The van der Waals surface area contributed by atoms with Gasteiger partial charge in [0.15, 0.2) is 0 Å². The van der Waals surface area contributed by atoms with E-state index in [1.54, 1.807) is 11.8 Å². The molecule has 7 heteroatoms. The summed E-state index contributed by atoms with van der Waals surface area (Å²) in [5.74, 6) is 1.82. The molecule has 22 heavy (non-hydrogen) atoms. The van der Waals surface area contributed by atoms with Crippen molar-refractivity contribution in [2.75, 3.05) is 54.9 Å². The molecule has 0 saturated carbocycles. The van der Waals surface area contributed by atoms with Gasteiger partial charge in [-0.25, -0.2) is 13.1 Å². The topological polar surface area (TPSA) is 52.7 Å². The Morgan fingerprint density at radius 3 is 2.59 bits per heavy atom. The first-order valence-corrected chi connectivity index (χ1v) is 10.5. The normalized spacial score (nSPS) is 26.5. The van der Waals surface area contributed by atoms with Crippen molar-refractivity contribution in [3.8, 4) is 0 Å². The molecule has 2 aliphatic heterocycles. The van der Waals surface area contributed by atoms with E-state index in [1.165, 1.54) is 5.69 Å². The number of rotatable bonds is 3. The van der Waals surface area contributed by atoms with Gasteiger partial charge in [-0.05, 0) is 12.1 Å². The summed E-state index contributed by atoms with van der Waals surface area (Å²) in [6, 6.07) is 10.5. The van der Waals surface area contributed by atoms with Crippen LogP contribution in [0.15, 0.2) is 30.3 Å². The molecule has 0 aliphatic carbocycles. The summed E-state index contributed by atoms with van der Waals surface area (Å²) in [5, 5.41) is 0. The second-order valence-corrected chi connectivity index (χ2v) is 8.86. The first-order chi connectivity index (χ1) is 10.6. The Morgan fingerprint density at radius 2 is 1.86 bits per heavy atom. The number of para-hydroxylation sites is 1. The van der Waals surface area contributed by atoms with Gasteiger partial charge >= 0.3 is 0 Å². The van der Waals surface area contributed by atoms with Crippen LogP contribution in [0.3, 0.4) is 0 Å². The van der Waals surface area contributed by atoms with Crippen LogP contribution in [0.1, 0.15) is 0 Å². The zero-order chi connectivity index (χ0) is 15.4. The first kappa shape index (κ1) is 16.1. The molecule has 2 fully saturated rings. The highest BCUT2D eigenvalue weighted by atomic mass is 32.2. The van der Waals surface area contributed by atoms with Gasteiger partial charge in [-0.2, -0.15) is 11.8 Å². The van der Waals surface area contributed by atoms with Gasteiger partial charge < -0.3 is 4.90 Å². The molecule has 0 amide bonds. The molecular formula is C15H23N3O2S2. The maximum Gasteiger partial charge on any atom is 0.212 e. The fourth-order valence-corrected chi connectivity index (χ4v) is 5.85. The van der Waals surface area contributed by atoms with Crippen LogP contribution >= 0.6 is 11.8 Å². The largest absolute Gasteiger partial charge is 0.369 e. The van der Waals surface area contributed by atoms with E-state index in [0.717, 1.165) is 38.5 Å². The standard InChI is InChI=1S/C15H23N3O2S2/c19-22(20)11-10-21-13-14(16-22)12-17-6-8-18(9-7-17)15-4-2-1-3-5-15/h1-5,14,16H,6-13H2/t14-/m1/s1. The Kier molecular flexibility index (Phi) is 5.28. The summed E-state index contributed by atoms with van der Waals surface area (Å²) in [6.07, 6.45) is 0. The van der Waals surface area contributed by atoms with Crippen molar-refractivity contribution in [3.05, 3.63) is 30.3 Å². The van der Waals surface area contributed by atoms with Gasteiger partial charge in [0, 0.05) is 56.0 Å². The molecule has 0 bridgehead atoms. The summed E-state index contributed by atoms with van der Waals surface area (Å²) in [7, 11) is -3.08. The second-order valence-electron chi connectivity index (χ2n) is 5.83. The van der Waals surface area contributed by atoms with Crippen LogP contribution in [0.2, 0.25) is 0 Å². The zero-order valence-corrected chi connectivity index (χ0v) is 14.3. The van der Waals surface area contributed by atoms with Gasteiger partial charge in [0.2, 0.25) is 10.0 Å². The molecule has 2 saturated heterocycles. The van der Waals surface area contributed by atoms with Crippen LogP contribution in [-0.4, -0.2) is 69.3 Å². The number of hydrogen-bond donors (Lipinski definition) is 1. The van der Waals surface area contributed by atoms with Gasteiger partial charge in [0.05, 0.1) is 5.75 Å². The van der Waals surface area contributed by atoms with E-state index in [0.29, 0.717) is 5.75 Å². The van der Waals surface area contributed by atoms with Crippen molar-refractivity contribution < 1.29 is 8.42 Å². The average Bonchev–Trinajstić information content (AvgIpc) is 2.69. The Balaban J connectivity index is 1.51. The lowest BCUT2D eigenvalue weighted by molar-refractivity contribution is 0.243. The first-order valence-electron chi connectivity index (χ1n) is 7.72. The Morgan fingerprint density at radius 1 is 1.14 bits per heavy atom. The van der Waals surface area contributed by atoms with E-state index in [-0.39, 0.29) is 11.8 Å². The molecule has 1 aromatic carbocycles. The summed E-state index contributed by atoms with van der Waals surface area (Å²) in [6.45, 7) is 4.78. The maximum absolute atomic E-state index is 11.8. The van der Waals surface area contributed by atoms with Crippen LogP contribution in [0.5, 0.6) is 0 Å². The number of nitrogens with one attached hydrogen (secondary N) is 1. The summed E-state index contributed by atoms with van der Waals surface area (Å²) in [5.41, 5.74) is 1.27. The van der Waals surface area contributed by atoms with Crippen LogP contribution in [-0.2, 0) is 10.0 Å². The number of hydrogen-bond acceptors (Lipinski definition) is 5. The van der Waals surface area contributed by atoms with Gasteiger partial charge in [-0.15, -0.1) is 0 Å². The highest BCUT2D eigenvalue weighted by Gasteiger charge is 2.25. The van der Waals surface area contributed by atoms with E-state index < -0.39 is 10.0 Å². The van der Waals surface area contributed by atoms with Crippen molar-refractivity contribution >= 4 is 27.5 Å². The molecule has 0 aromatic heterocycles. The SMILES string of the molecule is O=S1(=O)CCSC[C@@H](CN2CCN(c3ccccc3)CC2)N1.